The molecule has 220 valence electrons. The van der Waals surface area contributed by atoms with Crippen LogP contribution >= 0.6 is 0 Å². The van der Waals surface area contributed by atoms with Gasteiger partial charge in [-0.05, 0) is 48.5 Å². The molecule has 41 heavy (non-hydrogen) atoms. The van der Waals surface area contributed by atoms with Crippen molar-refractivity contribution >= 4 is 23.9 Å². The molecule has 16 nitrogen and oxygen atoms in total. The molecule has 0 unspecified atom stereocenters. The molecule has 0 saturated carbocycles. The minimum atomic E-state index is -1.40. The van der Waals surface area contributed by atoms with Crippen LogP contribution in [-0.4, -0.2) is 75.9 Å². The maximum atomic E-state index is 10.8. The van der Waals surface area contributed by atoms with Crippen LogP contribution < -0.4 is 10.2 Å². The fourth-order valence-corrected chi connectivity index (χ4v) is 2.78. The zero-order chi connectivity index (χ0) is 26.2. The van der Waals surface area contributed by atoms with Gasteiger partial charge in [0.05, 0.1) is 46.1 Å². The van der Waals surface area contributed by atoms with Crippen molar-refractivity contribution in [2.75, 3.05) is 0 Å². The number of carbonyl (C=O) groups is 4. The van der Waals surface area contributed by atoms with Gasteiger partial charge >= 0.3 is 28.4 Å². The van der Waals surface area contributed by atoms with Gasteiger partial charge < -0.3 is 51.9 Å². The summed E-state index contributed by atoms with van der Waals surface area (Å²) in [5.74, 6) is -5.11. The quantitative estimate of drug-likeness (QED) is 0.206. The summed E-state index contributed by atoms with van der Waals surface area (Å²) in [6, 6.07) is 17.5. The summed E-state index contributed by atoms with van der Waals surface area (Å²) in [5.41, 5.74) is 0.418. The molecule has 0 saturated heterocycles. The number of aromatic nitrogens is 4. The second kappa shape index (κ2) is 18.2. The molecule has 0 aromatic carbocycles. The Labute approximate surface area is 240 Å². The molecule has 4 heterocycles. The second-order valence-corrected chi connectivity index (χ2v) is 6.82. The van der Waals surface area contributed by atoms with E-state index in [9.17, 15) is 29.4 Å². The largest absolute Gasteiger partial charge is 2.00 e. The van der Waals surface area contributed by atoms with Gasteiger partial charge in [0.1, 0.15) is 11.4 Å². The summed E-state index contributed by atoms with van der Waals surface area (Å²) in [6.45, 7) is 0. The van der Waals surface area contributed by atoms with E-state index in [2.05, 4.69) is 19.9 Å². The van der Waals surface area contributed by atoms with Crippen LogP contribution in [0.15, 0.2) is 72.8 Å². The van der Waals surface area contributed by atoms with E-state index in [1.807, 2.05) is 0 Å². The summed E-state index contributed by atoms with van der Waals surface area (Å²) in [6.07, 6.45) is 0. The van der Waals surface area contributed by atoms with E-state index < -0.39 is 23.9 Å². The molecule has 4 aromatic rings. The van der Waals surface area contributed by atoms with E-state index in [1.54, 1.807) is 24.3 Å². The standard InChI is InChI=1S/2C12H8N2O4.Ni.4H2O/c2*15-11(16)9-5-1-3-7(13-9)8-4-2-6-10(14-8)12(17)18;;;;;/h2*1-6H,(H,15,16)(H,17,18);;4*1H2/q;;+2;;;;/p-2. The van der Waals surface area contributed by atoms with Crippen LogP contribution in [-0.2, 0) is 16.5 Å². The van der Waals surface area contributed by atoms with Crippen molar-refractivity contribution in [2.45, 2.75) is 0 Å². The monoisotopic (exact) mass is 616 g/mol. The van der Waals surface area contributed by atoms with Gasteiger partial charge in [0, 0.05) is 0 Å². The van der Waals surface area contributed by atoms with Gasteiger partial charge in [-0.15, -0.1) is 0 Å². The molecule has 4 aromatic heterocycles. The number of hydrogen-bond acceptors (Lipinski definition) is 10. The average molecular weight is 617 g/mol. The molecule has 0 fully saturated rings. The number of carbonyl (C=O) groups excluding carboxylic acids is 2. The second-order valence-electron chi connectivity index (χ2n) is 6.82. The number of nitrogens with zero attached hydrogens (tertiary/aromatic N) is 4. The van der Waals surface area contributed by atoms with Gasteiger partial charge in [-0.2, -0.15) is 0 Å². The number of carboxylic acids is 4. The van der Waals surface area contributed by atoms with Crippen LogP contribution in [0.1, 0.15) is 42.0 Å². The number of rotatable bonds is 6. The van der Waals surface area contributed by atoms with Crippen molar-refractivity contribution in [3.8, 4) is 22.8 Å². The number of aromatic carboxylic acids is 4. The van der Waals surface area contributed by atoms with Crippen LogP contribution in [0.4, 0.5) is 0 Å². The summed E-state index contributed by atoms with van der Waals surface area (Å²) in [4.78, 5) is 58.3. The maximum absolute atomic E-state index is 10.8. The first kappa shape index (κ1) is 40.3. The zero-order valence-corrected chi connectivity index (χ0v) is 21.4. The van der Waals surface area contributed by atoms with Gasteiger partial charge in [-0.1, -0.05) is 24.3 Å². The molecule has 0 aliphatic rings. The minimum Gasteiger partial charge on any atom is -0.543 e. The number of pyridine rings is 4. The molecular weight excluding hydrogens is 595 g/mol. The normalized spacial score (nSPS) is 8.78. The first-order valence-corrected chi connectivity index (χ1v) is 9.94. The van der Waals surface area contributed by atoms with Crippen molar-refractivity contribution < 1.29 is 78.0 Å². The number of hydrogen-bond donors (Lipinski definition) is 2. The fraction of sp³-hybridized carbons (Fsp3) is 0. The van der Waals surface area contributed by atoms with Crippen LogP contribution in [0.5, 0.6) is 0 Å². The SMILES string of the molecule is O.O.O.O.O=C([O-])c1cccc(-c2cccc(C(=O)O)n2)n1.O=C([O-])c1cccc(-c2cccc(C(=O)O)n2)n1.[Ni+2]. The predicted octanol–water partition coefficient (Wildman–Crippen LogP) is -2.89. The van der Waals surface area contributed by atoms with Crippen molar-refractivity contribution in [1.29, 1.82) is 0 Å². The Morgan fingerprint density at radius 2 is 0.683 bits per heavy atom. The fourth-order valence-electron chi connectivity index (χ4n) is 2.78. The Balaban J connectivity index is -0.000000628. The van der Waals surface area contributed by atoms with E-state index in [4.69, 9.17) is 10.2 Å². The Morgan fingerprint density at radius 1 is 0.463 bits per heavy atom. The van der Waals surface area contributed by atoms with E-state index in [1.165, 1.54) is 48.5 Å². The van der Waals surface area contributed by atoms with E-state index in [-0.39, 0.29) is 83.9 Å². The van der Waals surface area contributed by atoms with Crippen molar-refractivity contribution in [3.63, 3.8) is 0 Å². The van der Waals surface area contributed by atoms with Gasteiger partial charge in [0.15, 0.2) is 0 Å². The first-order chi connectivity index (χ1) is 17.2. The molecule has 0 bridgehead atoms. The molecule has 0 atom stereocenters. The molecule has 0 radical (unpaired) electrons. The predicted molar refractivity (Wildman–Crippen MR) is 132 cm³/mol. The topological polar surface area (TPSA) is 332 Å². The summed E-state index contributed by atoms with van der Waals surface area (Å²) in [5, 5.41) is 39.0. The molecular formula is C24H22N4NiO12. The van der Waals surface area contributed by atoms with Crippen LogP contribution in [0.25, 0.3) is 22.8 Å². The van der Waals surface area contributed by atoms with Crippen molar-refractivity contribution in [2.24, 2.45) is 0 Å². The maximum Gasteiger partial charge on any atom is 2.00 e. The van der Waals surface area contributed by atoms with Crippen LogP contribution in [0, 0.1) is 0 Å². The van der Waals surface area contributed by atoms with E-state index in [0.29, 0.717) is 0 Å². The Hall–Kier alpha value is -5.19. The average Bonchev–Trinajstić information content (AvgIpc) is 2.89. The Kier molecular flexibility index (Phi) is 17.9. The molecule has 10 N–H and O–H groups in total. The molecule has 0 spiro atoms. The van der Waals surface area contributed by atoms with Crippen molar-refractivity contribution in [1.82, 2.24) is 19.9 Å². The molecule has 4 rings (SSSR count). The Morgan fingerprint density at radius 3 is 0.902 bits per heavy atom. The van der Waals surface area contributed by atoms with Crippen LogP contribution in [0.2, 0.25) is 0 Å². The first-order valence-electron chi connectivity index (χ1n) is 9.94. The van der Waals surface area contributed by atoms with Gasteiger partial charge in [0.2, 0.25) is 0 Å². The summed E-state index contributed by atoms with van der Waals surface area (Å²) < 4.78 is 0. The third-order valence-electron chi connectivity index (χ3n) is 4.38. The Bertz CT molecular complexity index is 1260. The molecule has 17 heteroatoms. The smallest absolute Gasteiger partial charge is 0.543 e. The van der Waals surface area contributed by atoms with Crippen LogP contribution in [0.3, 0.4) is 0 Å². The third kappa shape index (κ3) is 10.8. The van der Waals surface area contributed by atoms with Gasteiger partial charge in [-0.3, -0.25) is 0 Å². The summed E-state index contributed by atoms with van der Waals surface area (Å²) >= 11 is 0. The molecule has 0 aliphatic heterocycles. The van der Waals surface area contributed by atoms with Gasteiger partial charge in [0.25, 0.3) is 0 Å². The molecule has 0 aliphatic carbocycles. The van der Waals surface area contributed by atoms with Gasteiger partial charge in [-0.25, -0.2) is 29.5 Å². The minimum absolute atomic E-state index is 0. The zero-order valence-electron chi connectivity index (χ0n) is 20.4. The van der Waals surface area contributed by atoms with E-state index in [0.717, 1.165) is 0 Å². The van der Waals surface area contributed by atoms with Crippen molar-refractivity contribution in [3.05, 3.63) is 95.6 Å². The molecule has 0 amide bonds. The number of carboxylic acid groups (broad SMARTS) is 4. The van der Waals surface area contributed by atoms with E-state index >= 15 is 0 Å². The third-order valence-corrected chi connectivity index (χ3v) is 4.38. The summed E-state index contributed by atoms with van der Waals surface area (Å²) in [7, 11) is 0.